The molecule has 1 saturated heterocycles. The number of primary amides is 1. The Hall–Kier alpha value is -3.94. The third-order valence-electron chi connectivity index (χ3n) is 5.72. The van der Waals surface area contributed by atoms with Crippen LogP contribution in [0.3, 0.4) is 0 Å². The molecule has 0 unspecified atom stereocenters. The smallest absolute Gasteiger partial charge is 0.410 e. The molecule has 8 nitrogen and oxygen atoms in total. The summed E-state index contributed by atoms with van der Waals surface area (Å²) in [6.45, 7) is 0.543. The molecule has 1 fully saturated rings. The zero-order valence-electron chi connectivity index (χ0n) is 18.1. The number of aromatic nitrogens is 1. The zero-order chi connectivity index (χ0) is 23.2. The minimum absolute atomic E-state index is 0.127. The van der Waals surface area contributed by atoms with E-state index in [0.29, 0.717) is 25.1 Å². The number of nitrogens with one attached hydrogen (secondary N) is 1. The molecule has 0 aliphatic carbocycles. The first-order valence-electron chi connectivity index (χ1n) is 10.9. The molecule has 170 valence electrons. The number of rotatable bonds is 7. The fourth-order valence-corrected chi connectivity index (χ4v) is 3.98. The Bertz CT molecular complexity index is 1150. The van der Waals surface area contributed by atoms with Crippen molar-refractivity contribution in [2.45, 2.75) is 38.0 Å². The molecule has 1 aromatic heterocycles. The number of amides is 3. The third-order valence-corrected chi connectivity index (χ3v) is 5.72. The average molecular weight is 447 g/mol. The quantitative estimate of drug-likeness (QED) is 0.579. The van der Waals surface area contributed by atoms with Crippen LogP contribution in [0.5, 0.6) is 0 Å². The molecule has 2 aromatic carbocycles. The van der Waals surface area contributed by atoms with Crippen LogP contribution in [0.25, 0.3) is 10.9 Å². The van der Waals surface area contributed by atoms with Crippen LogP contribution >= 0.6 is 0 Å². The summed E-state index contributed by atoms with van der Waals surface area (Å²) in [5.41, 5.74) is 7.87. The van der Waals surface area contributed by atoms with E-state index in [2.05, 4.69) is 10.3 Å². The lowest BCUT2D eigenvalue weighted by molar-refractivity contribution is -0.130. The van der Waals surface area contributed by atoms with Crippen LogP contribution in [-0.2, 0) is 27.4 Å². The number of nitrogens with two attached hydrogens (primary N) is 1. The van der Waals surface area contributed by atoms with Gasteiger partial charge in [0.15, 0.2) is 0 Å². The van der Waals surface area contributed by atoms with Crippen LogP contribution in [0.4, 0.5) is 4.79 Å². The van der Waals surface area contributed by atoms with E-state index in [1.807, 2.05) is 66.7 Å². The lowest BCUT2D eigenvalue weighted by Gasteiger charge is -2.25. The second-order valence-corrected chi connectivity index (χ2v) is 8.05. The first kappa shape index (κ1) is 22.3. The van der Waals surface area contributed by atoms with Crippen molar-refractivity contribution >= 4 is 28.8 Å². The Morgan fingerprint density at radius 3 is 2.61 bits per heavy atom. The average Bonchev–Trinajstić information content (AvgIpc) is 3.33. The number of carbonyl (C=O) groups excluding carboxylic acids is 3. The van der Waals surface area contributed by atoms with Crippen molar-refractivity contribution in [2.24, 2.45) is 5.73 Å². The van der Waals surface area contributed by atoms with Gasteiger partial charge in [-0.05, 0) is 30.5 Å². The van der Waals surface area contributed by atoms with Crippen LogP contribution in [0.1, 0.15) is 24.1 Å². The molecular formula is C25H26N4O4. The molecule has 0 bridgehead atoms. The van der Waals surface area contributed by atoms with Crippen LogP contribution in [0.2, 0.25) is 0 Å². The van der Waals surface area contributed by atoms with Gasteiger partial charge in [-0.1, -0.05) is 54.6 Å². The minimum Gasteiger partial charge on any atom is -0.445 e. The Balaban J connectivity index is 1.39. The van der Waals surface area contributed by atoms with Crippen molar-refractivity contribution in [3.63, 3.8) is 0 Å². The van der Waals surface area contributed by atoms with Crippen molar-refractivity contribution in [1.82, 2.24) is 15.2 Å². The van der Waals surface area contributed by atoms with Gasteiger partial charge in [-0.3, -0.25) is 19.5 Å². The number of para-hydroxylation sites is 1. The maximum atomic E-state index is 13.0. The summed E-state index contributed by atoms with van der Waals surface area (Å²) >= 11 is 0. The van der Waals surface area contributed by atoms with Gasteiger partial charge < -0.3 is 15.8 Å². The maximum Gasteiger partial charge on any atom is 0.410 e. The second kappa shape index (κ2) is 10.1. The summed E-state index contributed by atoms with van der Waals surface area (Å²) in [5, 5.41) is 3.69. The second-order valence-electron chi connectivity index (χ2n) is 8.05. The molecular weight excluding hydrogens is 420 g/mol. The number of ether oxygens (including phenoxy) is 1. The van der Waals surface area contributed by atoms with Crippen molar-refractivity contribution in [2.75, 3.05) is 6.54 Å². The monoisotopic (exact) mass is 446 g/mol. The highest BCUT2D eigenvalue weighted by molar-refractivity contribution is 5.91. The fraction of sp³-hybridized carbons (Fsp3) is 0.280. The SMILES string of the molecule is NC(=O)[C@@H](Cc1ccc2ccccc2n1)NC(=O)[C@H]1CCCN1C(=O)OCc1ccccc1. The third kappa shape index (κ3) is 5.46. The van der Waals surface area contributed by atoms with Gasteiger partial charge in [0, 0.05) is 24.0 Å². The van der Waals surface area contributed by atoms with E-state index in [9.17, 15) is 14.4 Å². The van der Waals surface area contributed by atoms with Crippen molar-refractivity contribution < 1.29 is 19.1 Å². The van der Waals surface area contributed by atoms with Crippen LogP contribution in [-0.4, -0.2) is 46.4 Å². The number of hydrogen-bond acceptors (Lipinski definition) is 5. The van der Waals surface area contributed by atoms with E-state index in [0.717, 1.165) is 16.5 Å². The van der Waals surface area contributed by atoms with E-state index >= 15 is 0 Å². The molecule has 4 rings (SSSR count). The number of nitrogens with zero attached hydrogens (tertiary/aromatic N) is 2. The first-order valence-corrected chi connectivity index (χ1v) is 10.9. The molecule has 8 heteroatoms. The summed E-state index contributed by atoms with van der Waals surface area (Å²) in [6.07, 6.45) is 0.776. The lowest BCUT2D eigenvalue weighted by atomic mass is 10.1. The lowest BCUT2D eigenvalue weighted by Crippen LogP contribution is -2.53. The highest BCUT2D eigenvalue weighted by Gasteiger charge is 2.36. The van der Waals surface area contributed by atoms with E-state index < -0.39 is 30.0 Å². The Kier molecular flexibility index (Phi) is 6.83. The highest BCUT2D eigenvalue weighted by atomic mass is 16.6. The van der Waals surface area contributed by atoms with E-state index in [-0.39, 0.29) is 13.0 Å². The Morgan fingerprint density at radius 2 is 1.82 bits per heavy atom. The van der Waals surface area contributed by atoms with E-state index in [1.165, 1.54) is 4.90 Å². The summed E-state index contributed by atoms with van der Waals surface area (Å²) < 4.78 is 5.39. The molecule has 1 aliphatic rings. The number of hydrogen-bond donors (Lipinski definition) is 2. The van der Waals surface area contributed by atoms with Gasteiger partial charge >= 0.3 is 6.09 Å². The minimum atomic E-state index is -0.936. The van der Waals surface area contributed by atoms with Crippen LogP contribution in [0, 0.1) is 0 Å². The Morgan fingerprint density at radius 1 is 1.06 bits per heavy atom. The normalized spacial score (nSPS) is 16.4. The Labute approximate surface area is 191 Å². The maximum absolute atomic E-state index is 13.0. The molecule has 0 radical (unpaired) electrons. The van der Waals surface area contributed by atoms with E-state index in [4.69, 9.17) is 10.5 Å². The predicted octanol–water partition coefficient (Wildman–Crippen LogP) is 2.55. The van der Waals surface area contributed by atoms with Gasteiger partial charge in [0.05, 0.1) is 5.52 Å². The largest absolute Gasteiger partial charge is 0.445 e. The molecule has 1 aliphatic heterocycles. The van der Waals surface area contributed by atoms with Crippen LogP contribution < -0.4 is 11.1 Å². The molecule has 0 spiro atoms. The van der Waals surface area contributed by atoms with Gasteiger partial charge in [0.1, 0.15) is 18.7 Å². The van der Waals surface area contributed by atoms with Crippen molar-refractivity contribution in [1.29, 1.82) is 0 Å². The molecule has 3 amide bonds. The summed E-state index contributed by atoms with van der Waals surface area (Å²) in [7, 11) is 0. The number of pyridine rings is 1. The van der Waals surface area contributed by atoms with Gasteiger partial charge in [-0.15, -0.1) is 0 Å². The van der Waals surface area contributed by atoms with Gasteiger partial charge in [-0.25, -0.2) is 4.79 Å². The first-order chi connectivity index (χ1) is 16.0. The molecule has 2 heterocycles. The van der Waals surface area contributed by atoms with Crippen molar-refractivity contribution in [3.05, 3.63) is 78.0 Å². The topological polar surface area (TPSA) is 115 Å². The van der Waals surface area contributed by atoms with Gasteiger partial charge in [-0.2, -0.15) is 0 Å². The summed E-state index contributed by atoms with van der Waals surface area (Å²) in [4.78, 5) is 43.6. The number of fused-ring (bicyclic) bond motifs is 1. The number of benzene rings is 2. The van der Waals surface area contributed by atoms with Crippen LogP contribution in [0.15, 0.2) is 66.7 Å². The molecule has 3 N–H and O–H groups in total. The van der Waals surface area contributed by atoms with Gasteiger partial charge in [0.2, 0.25) is 11.8 Å². The molecule has 33 heavy (non-hydrogen) atoms. The van der Waals surface area contributed by atoms with E-state index in [1.54, 1.807) is 0 Å². The molecule has 3 aromatic rings. The summed E-state index contributed by atoms with van der Waals surface area (Å²) in [5.74, 6) is -1.08. The predicted molar refractivity (Wildman–Crippen MR) is 123 cm³/mol. The molecule has 0 saturated carbocycles. The fourth-order valence-electron chi connectivity index (χ4n) is 3.98. The standard InChI is InChI=1S/C25H26N4O4/c26-23(30)21(15-19-13-12-18-9-4-5-10-20(18)27-19)28-24(31)22-11-6-14-29(22)25(32)33-16-17-7-2-1-3-8-17/h1-5,7-10,12-13,21-22H,6,11,14-16H2,(H2,26,30)(H,28,31)/t21-,22-/m1/s1. The zero-order valence-corrected chi connectivity index (χ0v) is 18.1. The number of likely N-dealkylation sites (tertiary alicyclic amines) is 1. The number of carbonyl (C=O) groups is 3. The molecule has 2 atom stereocenters. The van der Waals surface area contributed by atoms with Crippen molar-refractivity contribution in [3.8, 4) is 0 Å². The highest BCUT2D eigenvalue weighted by Crippen LogP contribution is 2.20. The van der Waals surface area contributed by atoms with Gasteiger partial charge in [0.25, 0.3) is 0 Å². The summed E-state index contributed by atoms with van der Waals surface area (Å²) in [6, 6.07) is 19.1.